The van der Waals surface area contributed by atoms with Gasteiger partial charge in [0, 0.05) is 31.1 Å². The van der Waals surface area contributed by atoms with Crippen molar-refractivity contribution in [3.63, 3.8) is 0 Å². The van der Waals surface area contributed by atoms with E-state index in [0.717, 1.165) is 17.7 Å². The molecule has 0 aromatic heterocycles. The molecule has 2 atom stereocenters. The quantitative estimate of drug-likeness (QED) is 0.666. The van der Waals surface area contributed by atoms with Gasteiger partial charge in [-0.05, 0) is 35.4 Å². The van der Waals surface area contributed by atoms with Gasteiger partial charge >= 0.3 is 0 Å². The lowest BCUT2D eigenvalue weighted by atomic mass is 9.87. The number of anilines is 1. The molecule has 1 saturated heterocycles. The van der Waals surface area contributed by atoms with Crippen LogP contribution >= 0.6 is 0 Å². The summed E-state index contributed by atoms with van der Waals surface area (Å²) in [6.45, 7) is 1.37. The van der Waals surface area contributed by atoms with E-state index in [9.17, 15) is 4.79 Å². The number of ether oxygens (including phenoxy) is 1. The number of rotatable bonds is 5. The van der Waals surface area contributed by atoms with Crippen molar-refractivity contribution < 1.29 is 9.53 Å². The van der Waals surface area contributed by atoms with Gasteiger partial charge in [0.2, 0.25) is 5.91 Å². The number of hydrogen-bond donors (Lipinski definition) is 1. The maximum Gasteiger partial charge on any atom is 0.227 e. The van der Waals surface area contributed by atoms with Crippen molar-refractivity contribution in [2.24, 2.45) is 0 Å². The maximum absolute atomic E-state index is 12.9. The van der Waals surface area contributed by atoms with Crippen LogP contribution in [0.15, 0.2) is 84.9 Å². The van der Waals surface area contributed by atoms with Crippen LogP contribution in [0.2, 0.25) is 0 Å². The highest BCUT2D eigenvalue weighted by Crippen LogP contribution is 2.31. The second-order valence-corrected chi connectivity index (χ2v) is 7.53. The van der Waals surface area contributed by atoms with Crippen LogP contribution in [0.5, 0.6) is 5.75 Å². The van der Waals surface area contributed by atoms with Crippen LogP contribution in [0.4, 0.5) is 5.69 Å². The van der Waals surface area contributed by atoms with Crippen molar-refractivity contribution in [1.29, 1.82) is 0 Å². The Bertz CT molecular complexity index is 926. The van der Waals surface area contributed by atoms with Gasteiger partial charge in [0.1, 0.15) is 11.9 Å². The molecule has 0 saturated carbocycles. The number of nitrogens with two attached hydrogens (primary N) is 1. The Morgan fingerprint density at radius 3 is 2.28 bits per heavy atom. The Hall–Kier alpha value is -3.27. The summed E-state index contributed by atoms with van der Waals surface area (Å²) in [6.07, 6.45) is 1.24. The number of nitrogen functional groups attached to an aromatic ring is 1. The summed E-state index contributed by atoms with van der Waals surface area (Å²) >= 11 is 0. The largest absolute Gasteiger partial charge is 0.490 e. The van der Waals surface area contributed by atoms with Gasteiger partial charge < -0.3 is 15.4 Å². The zero-order valence-corrected chi connectivity index (χ0v) is 16.4. The minimum Gasteiger partial charge on any atom is -0.490 e. The summed E-state index contributed by atoms with van der Waals surface area (Å²) in [7, 11) is 0. The molecule has 1 aliphatic rings. The molecule has 1 aliphatic heterocycles. The molecular weight excluding hydrogens is 360 g/mol. The van der Waals surface area contributed by atoms with Gasteiger partial charge in [0.15, 0.2) is 0 Å². The number of nitrogens with zero attached hydrogens (tertiary/aromatic N) is 1. The summed E-state index contributed by atoms with van der Waals surface area (Å²) in [4.78, 5) is 14.9. The van der Waals surface area contributed by atoms with Crippen LogP contribution in [0.3, 0.4) is 0 Å². The van der Waals surface area contributed by atoms with E-state index in [2.05, 4.69) is 12.1 Å². The minimum atomic E-state index is 0.0420. The van der Waals surface area contributed by atoms with Crippen molar-refractivity contribution in [2.45, 2.75) is 24.9 Å². The number of hydrogen-bond acceptors (Lipinski definition) is 3. The molecule has 0 radical (unpaired) electrons. The molecule has 1 amide bonds. The van der Waals surface area contributed by atoms with Gasteiger partial charge in [-0.25, -0.2) is 0 Å². The van der Waals surface area contributed by atoms with Gasteiger partial charge in [0.25, 0.3) is 0 Å². The van der Waals surface area contributed by atoms with Gasteiger partial charge in [-0.1, -0.05) is 60.7 Å². The molecule has 2 N–H and O–H groups in total. The Balaban J connectivity index is 1.49. The fourth-order valence-electron chi connectivity index (χ4n) is 3.91. The van der Waals surface area contributed by atoms with Crippen LogP contribution in [0.1, 0.15) is 23.5 Å². The summed E-state index contributed by atoms with van der Waals surface area (Å²) in [5, 5.41) is 0. The molecule has 29 heavy (non-hydrogen) atoms. The third-order valence-corrected chi connectivity index (χ3v) is 5.50. The molecule has 0 bridgehead atoms. The van der Waals surface area contributed by atoms with Crippen molar-refractivity contribution in [3.8, 4) is 5.75 Å². The van der Waals surface area contributed by atoms with Gasteiger partial charge in [0.05, 0.1) is 6.42 Å². The summed E-state index contributed by atoms with van der Waals surface area (Å²) in [5.74, 6) is 1.16. The number of piperidine rings is 1. The molecular formula is C25H26N2O2. The molecule has 4 heteroatoms. The van der Waals surface area contributed by atoms with E-state index in [1.807, 2.05) is 77.7 Å². The Kier molecular flexibility index (Phi) is 5.80. The van der Waals surface area contributed by atoms with Crippen LogP contribution in [-0.2, 0) is 11.2 Å². The number of amides is 1. The molecule has 0 aliphatic carbocycles. The number of para-hydroxylation sites is 1. The lowest BCUT2D eigenvalue weighted by Crippen LogP contribution is -2.47. The second-order valence-electron chi connectivity index (χ2n) is 7.53. The Morgan fingerprint density at radius 2 is 1.59 bits per heavy atom. The Labute approximate surface area is 171 Å². The predicted molar refractivity (Wildman–Crippen MR) is 116 cm³/mol. The van der Waals surface area contributed by atoms with E-state index >= 15 is 0 Å². The highest BCUT2D eigenvalue weighted by Gasteiger charge is 2.33. The van der Waals surface area contributed by atoms with E-state index in [1.54, 1.807) is 0 Å². The van der Waals surface area contributed by atoms with E-state index in [-0.39, 0.29) is 17.9 Å². The molecule has 0 spiro atoms. The SMILES string of the molecule is Nc1ccc(CC(=O)N2CC[C@@H](Oc3ccccc3)[C@H](c3ccccc3)C2)cc1. The van der Waals surface area contributed by atoms with Crippen LogP contribution in [-0.4, -0.2) is 30.0 Å². The molecule has 1 heterocycles. The van der Waals surface area contributed by atoms with Crippen molar-refractivity contribution >= 4 is 11.6 Å². The zero-order valence-electron chi connectivity index (χ0n) is 16.4. The molecule has 3 aromatic rings. The van der Waals surface area contributed by atoms with Crippen LogP contribution < -0.4 is 10.5 Å². The first-order chi connectivity index (χ1) is 14.2. The normalized spacial score (nSPS) is 19.0. The third-order valence-electron chi connectivity index (χ3n) is 5.50. The fourth-order valence-corrected chi connectivity index (χ4v) is 3.91. The molecule has 1 fully saturated rings. The third kappa shape index (κ3) is 4.77. The zero-order chi connectivity index (χ0) is 20.1. The molecule has 3 aromatic carbocycles. The van der Waals surface area contributed by atoms with Crippen molar-refractivity contribution in [2.75, 3.05) is 18.8 Å². The highest BCUT2D eigenvalue weighted by atomic mass is 16.5. The number of carbonyl (C=O) groups is 1. The van der Waals surface area contributed by atoms with Crippen molar-refractivity contribution in [1.82, 2.24) is 4.90 Å². The van der Waals surface area contributed by atoms with E-state index in [0.29, 0.717) is 25.2 Å². The van der Waals surface area contributed by atoms with Crippen LogP contribution in [0, 0.1) is 0 Å². The number of benzene rings is 3. The smallest absolute Gasteiger partial charge is 0.227 e. The fraction of sp³-hybridized carbons (Fsp3) is 0.240. The molecule has 4 nitrogen and oxygen atoms in total. The number of carbonyl (C=O) groups excluding carboxylic acids is 1. The Morgan fingerprint density at radius 1 is 0.931 bits per heavy atom. The first-order valence-corrected chi connectivity index (χ1v) is 10.1. The average molecular weight is 386 g/mol. The maximum atomic E-state index is 12.9. The first-order valence-electron chi connectivity index (χ1n) is 10.1. The lowest BCUT2D eigenvalue weighted by molar-refractivity contribution is -0.132. The molecule has 0 unspecified atom stereocenters. The monoisotopic (exact) mass is 386 g/mol. The van der Waals surface area contributed by atoms with Gasteiger partial charge in [-0.2, -0.15) is 0 Å². The van der Waals surface area contributed by atoms with Gasteiger partial charge in [-0.15, -0.1) is 0 Å². The first kappa shape index (κ1) is 19.1. The number of likely N-dealkylation sites (tertiary alicyclic amines) is 1. The second kappa shape index (κ2) is 8.82. The van der Waals surface area contributed by atoms with E-state index in [1.165, 1.54) is 5.56 Å². The standard InChI is InChI=1S/C25H26N2O2/c26-21-13-11-19(12-14-21)17-25(28)27-16-15-24(29-22-9-5-2-6-10-22)23(18-27)20-7-3-1-4-8-20/h1-14,23-24H,15-18,26H2/t23-,24+/m0/s1. The topological polar surface area (TPSA) is 55.6 Å². The van der Waals surface area contributed by atoms with E-state index < -0.39 is 0 Å². The summed E-state index contributed by atoms with van der Waals surface area (Å²) < 4.78 is 6.33. The van der Waals surface area contributed by atoms with Crippen LogP contribution in [0.25, 0.3) is 0 Å². The predicted octanol–water partition coefficient (Wildman–Crippen LogP) is 4.28. The summed E-state index contributed by atoms with van der Waals surface area (Å²) in [5.41, 5.74) is 8.66. The molecule has 148 valence electrons. The minimum absolute atomic E-state index is 0.0420. The highest BCUT2D eigenvalue weighted by molar-refractivity contribution is 5.79. The van der Waals surface area contributed by atoms with Crippen molar-refractivity contribution in [3.05, 3.63) is 96.1 Å². The van der Waals surface area contributed by atoms with Gasteiger partial charge in [-0.3, -0.25) is 4.79 Å². The lowest BCUT2D eigenvalue weighted by Gasteiger charge is -2.39. The summed E-state index contributed by atoms with van der Waals surface area (Å²) in [6, 6.07) is 27.8. The average Bonchev–Trinajstić information content (AvgIpc) is 2.77. The van der Waals surface area contributed by atoms with E-state index in [4.69, 9.17) is 10.5 Å². The molecule has 4 rings (SSSR count).